The molecule has 124 valence electrons. The Morgan fingerprint density at radius 1 is 1.35 bits per heavy atom. The smallest absolute Gasteiger partial charge is 0.433 e. The number of hydrogen-bond acceptors (Lipinski definition) is 5. The molecule has 1 atom stereocenters. The lowest BCUT2D eigenvalue weighted by Gasteiger charge is -2.33. The molecule has 4 nitrogen and oxygen atoms in total. The van der Waals surface area contributed by atoms with Gasteiger partial charge in [0.1, 0.15) is 11.5 Å². The summed E-state index contributed by atoms with van der Waals surface area (Å²) in [5.41, 5.74) is -0.851. The molecule has 3 heterocycles. The van der Waals surface area contributed by atoms with Crippen LogP contribution in [-0.4, -0.2) is 29.7 Å². The highest BCUT2D eigenvalue weighted by atomic mass is 32.1. The van der Waals surface area contributed by atoms with Crippen molar-refractivity contribution in [3.05, 3.63) is 35.5 Å². The average Bonchev–Trinajstić information content (AvgIpc) is 3.06. The lowest BCUT2D eigenvalue weighted by Crippen LogP contribution is -2.38. The maximum absolute atomic E-state index is 12.8. The molecule has 0 aliphatic carbocycles. The molecule has 0 radical (unpaired) electrons. The Hall–Kier alpha value is -1.83. The second-order valence-corrected chi connectivity index (χ2v) is 6.30. The van der Waals surface area contributed by atoms with E-state index in [9.17, 15) is 13.2 Å². The lowest BCUT2D eigenvalue weighted by molar-refractivity contribution is -0.141. The zero-order valence-corrected chi connectivity index (χ0v) is 13.1. The van der Waals surface area contributed by atoms with Crippen LogP contribution in [0.15, 0.2) is 29.8 Å². The average molecular weight is 343 g/mol. The first kappa shape index (κ1) is 16.0. The third-order valence-electron chi connectivity index (χ3n) is 3.72. The van der Waals surface area contributed by atoms with Crippen LogP contribution in [-0.2, 0) is 6.18 Å². The normalized spacial score (nSPS) is 18.9. The molecule has 1 aliphatic heterocycles. The van der Waals surface area contributed by atoms with E-state index < -0.39 is 11.9 Å². The highest BCUT2D eigenvalue weighted by Gasteiger charge is 2.33. The molecule has 3 rings (SSSR count). The van der Waals surface area contributed by atoms with E-state index in [-0.39, 0.29) is 5.92 Å². The van der Waals surface area contributed by atoms with Crippen LogP contribution < -0.4 is 9.64 Å². The number of anilines is 1. The number of aromatic nitrogens is 2. The van der Waals surface area contributed by atoms with Gasteiger partial charge in [0, 0.05) is 30.6 Å². The summed E-state index contributed by atoms with van der Waals surface area (Å²) in [7, 11) is 0. The summed E-state index contributed by atoms with van der Waals surface area (Å²) in [5.74, 6) is 0.628. The van der Waals surface area contributed by atoms with Gasteiger partial charge >= 0.3 is 6.18 Å². The van der Waals surface area contributed by atoms with Crippen LogP contribution in [0.3, 0.4) is 0 Å². The van der Waals surface area contributed by atoms with Crippen molar-refractivity contribution in [2.45, 2.75) is 19.0 Å². The monoisotopic (exact) mass is 343 g/mol. The number of piperidine rings is 1. The van der Waals surface area contributed by atoms with Crippen LogP contribution in [0, 0.1) is 5.92 Å². The summed E-state index contributed by atoms with van der Waals surface area (Å²) in [4.78, 5) is 9.72. The van der Waals surface area contributed by atoms with E-state index in [0.717, 1.165) is 18.9 Å². The van der Waals surface area contributed by atoms with Gasteiger partial charge in [0.15, 0.2) is 0 Å². The van der Waals surface area contributed by atoms with Gasteiger partial charge in [-0.1, -0.05) is 17.4 Å². The van der Waals surface area contributed by atoms with Gasteiger partial charge in [-0.15, -0.1) is 0 Å². The number of alkyl halides is 3. The largest absolute Gasteiger partial charge is 0.470 e. The minimum atomic E-state index is -4.42. The summed E-state index contributed by atoms with van der Waals surface area (Å²) in [6.45, 7) is 1.87. The van der Waals surface area contributed by atoms with Crippen molar-refractivity contribution in [1.82, 2.24) is 9.97 Å². The molecule has 8 heteroatoms. The van der Waals surface area contributed by atoms with Gasteiger partial charge in [-0.25, -0.2) is 9.97 Å². The van der Waals surface area contributed by atoms with E-state index in [1.165, 1.54) is 17.4 Å². The van der Waals surface area contributed by atoms with E-state index in [4.69, 9.17) is 4.74 Å². The molecule has 1 fully saturated rings. The predicted molar refractivity (Wildman–Crippen MR) is 81.8 cm³/mol. The number of thiazole rings is 1. The van der Waals surface area contributed by atoms with Crippen LogP contribution in [0.25, 0.3) is 0 Å². The maximum Gasteiger partial charge on any atom is 0.433 e. The highest BCUT2D eigenvalue weighted by Crippen LogP contribution is 2.30. The summed E-state index contributed by atoms with van der Waals surface area (Å²) < 4.78 is 44.0. The molecule has 0 N–H and O–H groups in total. The number of hydrogen-bond donors (Lipinski definition) is 0. The molecule has 1 aliphatic rings. The Balaban J connectivity index is 1.64. The third-order valence-corrected chi connectivity index (χ3v) is 4.40. The quantitative estimate of drug-likeness (QED) is 0.845. The Labute approximate surface area is 135 Å². The Bertz CT molecular complexity index is 633. The summed E-state index contributed by atoms with van der Waals surface area (Å²) in [6.07, 6.45) is -0.844. The standard InChI is InChI=1S/C15H16F3N3OS/c16-15(17,18)12-4-1-5-13(20-12)21-7-2-3-11(9-21)10-22-14-19-6-8-23-14/h1,4-6,8,11H,2-3,7,9-10H2. The fourth-order valence-corrected chi connectivity index (χ4v) is 3.13. The summed E-state index contributed by atoms with van der Waals surface area (Å²) >= 11 is 1.43. The Morgan fingerprint density at radius 3 is 2.96 bits per heavy atom. The summed E-state index contributed by atoms with van der Waals surface area (Å²) in [5, 5.41) is 2.47. The molecule has 0 aromatic carbocycles. The minimum absolute atomic E-state index is 0.254. The molecule has 1 saturated heterocycles. The van der Waals surface area contributed by atoms with E-state index in [2.05, 4.69) is 9.97 Å². The van der Waals surface area contributed by atoms with Crippen LogP contribution >= 0.6 is 11.3 Å². The molecule has 1 unspecified atom stereocenters. The molecular weight excluding hydrogens is 327 g/mol. The van der Waals surface area contributed by atoms with Crippen molar-refractivity contribution >= 4 is 17.2 Å². The van der Waals surface area contributed by atoms with Gasteiger partial charge in [-0.05, 0) is 25.0 Å². The topological polar surface area (TPSA) is 38.2 Å². The molecule has 0 spiro atoms. The van der Waals surface area contributed by atoms with Crippen LogP contribution in [0.4, 0.5) is 19.0 Å². The SMILES string of the molecule is FC(F)(F)c1cccc(N2CCCC(COc3nccs3)C2)n1. The molecule has 0 saturated carbocycles. The molecule has 2 aromatic rings. The van der Waals surface area contributed by atoms with Crippen LogP contribution in [0.1, 0.15) is 18.5 Å². The predicted octanol–water partition coefficient (Wildman–Crippen LogP) is 3.85. The fraction of sp³-hybridized carbons (Fsp3) is 0.467. The minimum Gasteiger partial charge on any atom is -0.470 e. The molecule has 0 bridgehead atoms. The van der Waals surface area contributed by atoms with Gasteiger partial charge in [0.2, 0.25) is 0 Å². The molecule has 0 amide bonds. The number of ether oxygens (including phenoxy) is 1. The maximum atomic E-state index is 12.8. The zero-order chi connectivity index (χ0) is 16.3. The van der Waals surface area contributed by atoms with Gasteiger partial charge in [-0.3, -0.25) is 0 Å². The lowest BCUT2D eigenvalue weighted by atomic mass is 9.99. The van der Waals surface area contributed by atoms with Gasteiger partial charge in [0.25, 0.3) is 5.19 Å². The van der Waals surface area contributed by atoms with E-state index >= 15 is 0 Å². The van der Waals surface area contributed by atoms with Gasteiger partial charge in [-0.2, -0.15) is 13.2 Å². The first-order valence-corrected chi connectivity index (χ1v) is 8.22. The van der Waals surface area contributed by atoms with Crippen molar-refractivity contribution in [3.63, 3.8) is 0 Å². The number of rotatable bonds is 4. The van der Waals surface area contributed by atoms with Gasteiger partial charge in [0.05, 0.1) is 6.61 Å². The molecule has 2 aromatic heterocycles. The van der Waals surface area contributed by atoms with Crippen LogP contribution in [0.2, 0.25) is 0 Å². The third kappa shape index (κ3) is 4.13. The fourth-order valence-electron chi connectivity index (χ4n) is 2.64. The first-order chi connectivity index (χ1) is 11.0. The summed E-state index contributed by atoms with van der Waals surface area (Å²) in [6, 6.07) is 4.02. The van der Waals surface area contributed by atoms with E-state index in [0.29, 0.717) is 30.7 Å². The number of nitrogens with zero attached hydrogens (tertiary/aromatic N) is 3. The van der Waals surface area contributed by atoms with Crippen molar-refractivity contribution in [2.75, 3.05) is 24.6 Å². The zero-order valence-electron chi connectivity index (χ0n) is 12.3. The number of halogens is 3. The van der Waals surface area contributed by atoms with Crippen LogP contribution in [0.5, 0.6) is 5.19 Å². The van der Waals surface area contributed by atoms with Crippen molar-refractivity contribution in [1.29, 1.82) is 0 Å². The number of pyridine rings is 1. The van der Waals surface area contributed by atoms with Crippen molar-refractivity contribution in [2.24, 2.45) is 5.92 Å². The second-order valence-electron chi connectivity index (χ2n) is 5.44. The van der Waals surface area contributed by atoms with Gasteiger partial charge < -0.3 is 9.64 Å². The van der Waals surface area contributed by atoms with E-state index in [1.807, 2.05) is 10.3 Å². The van der Waals surface area contributed by atoms with E-state index in [1.54, 1.807) is 12.3 Å². The van der Waals surface area contributed by atoms with Crippen molar-refractivity contribution < 1.29 is 17.9 Å². The Morgan fingerprint density at radius 2 is 2.22 bits per heavy atom. The Kier molecular flexibility index (Phi) is 4.70. The molecule has 23 heavy (non-hydrogen) atoms. The second kappa shape index (κ2) is 6.74. The first-order valence-electron chi connectivity index (χ1n) is 7.34. The highest BCUT2D eigenvalue weighted by molar-refractivity contribution is 7.11. The van der Waals surface area contributed by atoms with Crippen molar-refractivity contribution in [3.8, 4) is 5.19 Å². The molecular formula is C15H16F3N3OS.